The van der Waals surface area contributed by atoms with Crippen LogP contribution in [0.2, 0.25) is 0 Å². The van der Waals surface area contributed by atoms with Gasteiger partial charge in [0, 0.05) is 25.9 Å². The maximum Gasteiger partial charge on any atom is 0.269 e. The fourth-order valence-electron chi connectivity index (χ4n) is 5.03. The zero-order valence-corrected chi connectivity index (χ0v) is 34.4. The number of ether oxygens (including phenoxy) is 2. The van der Waals surface area contributed by atoms with Gasteiger partial charge < -0.3 is 45.8 Å². The van der Waals surface area contributed by atoms with Crippen molar-refractivity contribution in [1.82, 2.24) is 10.6 Å². The van der Waals surface area contributed by atoms with Crippen LogP contribution in [0.5, 0.6) is 34.5 Å². The molecule has 8 rings (SSSR count). The van der Waals surface area contributed by atoms with Crippen molar-refractivity contribution in [2.24, 2.45) is 10.3 Å². The molecule has 0 saturated heterocycles. The molecule has 4 heterocycles. The number of hydrogen-bond donors (Lipinski definition) is 7. The van der Waals surface area contributed by atoms with Gasteiger partial charge in [-0.05, 0) is 157 Å². The van der Waals surface area contributed by atoms with Crippen LogP contribution < -0.4 is 20.1 Å². The molecule has 4 aliphatic rings. The number of amides is 2. The number of halogens is 5. The first-order valence-electron chi connectivity index (χ1n) is 15.1. The monoisotopic (exact) mass is 1030 g/mol. The van der Waals surface area contributed by atoms with E-state index in [4.69, 9.17) is 9.47 Å². The number of nitrogens with zero attached hydrogens (tertiary/aromatic N) is 2. The van der Waals surface area contributed by atoms with Gasteiger partial charge in [-0.1, -0.05) is 16.4 Å². The van der Waals surface area contributed by atoms with Crippen LogP contribution >= 0.6 is 79.6 Å². The number of carbonyl (C=O) groups excluding carboxylic acids is 2. The van der Waals surface area contributed by atoms with Crippen molar-refractivity contribution in [2.75, 3.05) is 13.1 Å². The molecule has 272 valence electrons. The zero-order valence-electron chi connectivity index (χ0n) is 26.5. The normalized spacial score (nSPS) is 17.5. The molecule has 8 bridgehead atoms. The van der Waals surface area contributed by atoms with Gasteiger partial charge >= 0.3 is 0 Å². The van der Waals surface area contributed by atoms with Gasteiger partial charge in [-0.2, -0.15) is 0 Å². The van der Waals surface area contributed by atoms with Crippen LogP contribution in [0.4, 0.5) is 0 Å². The molecule has 0 fully saturated rings. The highest BCUT2D eigenvalue weighted by atomic mass is 79.9. The summed E-state index contributed by atoms with van der Waals surface area (Å²) in [5.41, 5.74) is 1.70. The van der Waals surface area contributed by atoms with Gasteiger partial charge in [-0.15, -0.1) is 0 Å². The number of oxime groups is 2. The summed E-state index contributed by atoms with van der Waals surface area (Å²) >= 11 is 17.0. The lowest BCUT2D eigenvalue weighted by Gasteiger charge is -2.18. The van der Waals surface area contributed by atoms with Gasteiger partial charge in [0.25, 0.3) is 11.8 Å². The number of nitrogens with one attached hydrogen (secondary N) is 2. The molecule has 18 heteroatoms. The number of hydrogen-bond acceptors (Lipinski definition) is 11. The third-order valence-corrected chi connectivity index (χ3v) is 10.7. The van der Waals surface area contributed by atoms with Crippen molar-refractivity contribution in [3.8, 4) is 34.5 Å². The lowest BCUT2D eigenvalue weighted by atomic mass is 10.1. The van der Waals surface area contributed by atoms with Crippen LogP contribution in [0, 0.1) is 0 Å². The van der Waals surface area contributed by atoms with Gasteiger partial charge in [0.1, 0.15) is 17.2 Å². The van der Waals surface area contributed by atoms with Gasteiger partial charge in [0.15, 0.2) is 28.7 Å². The van der Waals surface area contributed by atoms with E-state index in [1.54, 1.807) is 42.5 Å². The fraction of sp³-hybridized carbons (Fsp3) is 0.176. The summed E-state index contributed by atoms with van der Waals surface area (Å²) in [5, 5.41) is 63.5. The number of benzene rings is 4. The van der Waals surface area contributed by atoms with Crippen molar-refractivity contribution in [2.45, 2.75) is 25.4 Å². The van der Waals surface area contributed by atoms with E-state index < -0.39 is 17.9 Å². The highest BCUT2D eigenvalue weighted by Crippen LogP contribution is 2.44. The number of aliphatic hydroxyl groups is 1. The SMILES string of the molecule is O=C1NC[C@@H](O)c2cc(Br)c(c(Br)c2)Oc2cc(cc(Br)c2O)CCNC(=O)/C(=N/O)Cc2ccc(c(Br)c2)Oc2cc(cc(Br)c2O)CC1=NO. The molecule has 0 saturated carbocycles. The summed E-state index contributed by atoms with van der Waals surface area (Å²) in [6.45, 7) is -0.0855. The topological polar surface area (TPSA) is 203 Å². The van der Waals surface area contributed by atoms with Crippen molar-refractivity contribution in [3.63, 3.8) is 0 Å². The summed E-state index contributed by atoms with van der Waals surface area (Å²) in [5.74, 6) is -1.06. The van der Waals surface area contributed by atoms with Gasteiger partial charge in [-0.25, -0.2) is 0 Å². The van der Waals surface area contributed by atoms with E-state index in [0.717, 1.165) is 0 Å². The Morgan fingerprint density at radius 2 is 1.17 bits per heavy atom. The molecule has 0 aromatic heterocycles. The molecule has 52 heavy (non-hydrogen) atoms. The fourth-order valence-corrected chi connectivity index (χ4v) is 7.90. The first kappa shape index (κ1) is 39.5. The van der Waals surface area contributed by atoms with E-state index >= 15 is 0 Å². The Hall–Kier alpha value is -3.68. The summed E-state index contributed by atoms with van der Waals surface area (Å²) in [6.07, 6.45) is -1.07. The van der Waals surface area contributed by atoms with Crippen LogP contribution in [0.1, 0.15) is 28.4 Å². The highest BCUT2D eigenvalue weighted by molar-refractivity contribution is 9.11. The van der Waals surface area contributed by atoms with E-state index in [-0.39, 0.29) is 70.6 Å². The Labute approximate surface area is 338 Å². The first-order valence-corrected chi connectivity index (χ1v) is 19.1. The van der Waals surface area contributed by atoms with Crippen LogP contribution in [0.3, 0.4) is 0 Å². The second kappa shape index (κ2) is 17.4. The quantitative estimate of drug-likeness (QED) is 0.0679. The number of aromatic hydroxyl groups is 2. The lowest BCUT2D eigenvalue weighted by Crippen LogP contribution is -2.35. The maximum absolute atomic E-state index is 13.0. The molecule has 7 N–H and O–H groups in total. The maximum atomic E-state index is 13.0. The minimum Gasteiger partial charge on any atom is -0.503 e. The molecule has 0 aliphatic carbocycles. The molecule has 4 aromatic rings. The molecule has 2 amide bonds. The summed E-state index contributed by atoms with van der Waals surface area (Å²) < 4.78 is 13.9. The number of aliphatic hydroxyl groups excluding tert-OH is 1. The molecule has 0 unspecified atom stereocenters. The Kier molecular flexibility index (Phi) is 13.2. The summed E-state index contributed by atoms with van der Waals surface area (Å²) in [7, 11) is 0. The molecule has 0 spiro atoms. The molecule has 13 nitrogen and oxygen atoms in total. The third-order valence-electron chi connectivity index (χ3n) is 7.67. The average molecular weight is 1040 g/mol. The second-order valence-electron chi connectivity index (χ2n) is 11.3. The molecule has 0 radical (unpaired) electrons. The number of carbonyl (C=O) groups is 2. The lowest BCUT2D eigenvalue weighted by molar-refractivity contribution is -0.116. The Balaban J connectivity index is 1.49. The van der Waals surface area contributed by atoms with Crippen molar-refractivity contribution in [3.05, 3.63) is 99.2 Å². The largest absolute Gasteiger partial charge is 0.503 e. The van der Waals surface area contributed by atoms with Crippen LogP contribution in [0.25, 0.3) is 0 Å². The summed E-state index contributed by atoms with van der Waals surface area (Å²) in [4.78, 5) is 26.0. The molecule has 4 aliphatic heterocycles. The van der Waals surface area contributed by atoms with Crippen molar-refractivity contribution >= 4 is 103 Å². The molecule has 1 atom stereocenters. The Morgan fingerprint density at radius 3 is 1.79 bits per heavy atom. The van der Waals surface area contributed by atoms with E-state index in [0.29, 0.717) is 52.3 Å². The van der Waals surface area contributed by atoms with Crippen LogP contribution in [-0.4, -0.2) is 62.1 Å². The standard InChI is InChI=1S/C34H27Br5N4O9/c35-19-5-15-1-2-27(19)51-28-11-17(7-21(37)30(28)45)9-25(43-50)34(48)41-14-26(44)18-12-22(38)32(23(39)13-18)52-29-10-16(6-20(36)31(29)46)3-4-40-33(47)24(8-15)42-49/h1-2,5-7,10-13,26,44-46,49-50H,3-4,8-9,14H2,(H,40,47)(H,41,48)/b42-24+,43-25?/t26-/m1/s1. The predicted octanol–water partition coefficient (Wildman–Crippen LogP) is 7.76. The second-order valence-corrected chi connectivity index (χ2v) is 15.6. The van der Waals surface area contributed by atoms with Gasteiger partial charge in [0.2, 0.25) is 0 Å². The number of phenols is 2. The van der Waals surface area contributed by atoms with Crippen molar-refractivity contribution in [1.29, 1.82) is 0 Å². The van der Waals surface area contributed by atoms with Crippen molar-refractivity contribution < 1.29 is 44.8 Å². The van der Waals surface area contributed by atoms with Crippen LogP contribution in [-0.2, 0) is 28.9 Å². The minimum absolute atomic E-state index is 0.0208. The van der Waals surface area contributed by atoms with E-state index in [1.165, 1.54) is 12.1 Å². The average Bonchev–Trinajstić information content (AvgIpc) is 3.10. The Morgan fingerprint density at radius 1 is 0.635 bits per heavy atom. The third kappa shape index (κ3) is 9.45. The first-order chi connectivity index (χ1) is 24.8. The molecular weight excluding hydrogens is 1010 g/mol. The highest BCUT2D eigenvalue weighted by Gasteiger charge is 2.22. The van der Waals surface area contributed by atoms with E-state index in [9.17, 15) is 35.3 Å². The zero-order chi connectivity index (χ0) is 37.7. The van der Waals surface area contributed by atoms with Crippen LogP contribution in [0.15, 0.2) is 87.3 Å². The predicted molar refractivity (Wildman–Crippen MR) is 208 cm³/mol. The number of rotatable bonds is 0. The van der Waals surface area contributed by atoms with E-state index in [1.807, 2.05) is 0 Å². The minimum atomic E-state index is -1.19. The smallest absolute Gasteiger partial charge is 0.269 e. The van der Waals surface area contributed by atoms with E-state index in [2.05, 4.69) is 101 Å². The Bertz CT molecular complexity index is 2090. The van der Waals surface area contributed by atoms with Gasteiger partial charge in [-0.3, -0.25) is 9.59 Å². The molecular formula is C34H27Br5N4O9. The molecule has 4 aromatic carbocycles. The van der Waals surface area contributed by atoms with Gasteiger partial charge in [0.05, 0.1) is 28.5 Å². The summed E-state index contributed by atoms with van der Waals surface area (Å²) in [6, 6.07) is 14.3. The number of phenolic OH excluding ortho intramolecular Hbond substituents is 2.